The largest absolute Gasteiger partial charge is 0.463 e. The molecule has 1 fully saturated rings. The van der Waals surface area contributed by atoms with Gasteiger partial charge in [0, 0.05) is 61.6 Å². The van der Waals surface area contributed by atoms with Crippen molar-refractivity contribution < 1.29 is 19.1 Å². The minimum absolute atomic E-state index is 0.0604. The minimum atomic E-state index is -0.776. The van der Waals surface area contributed by atoms with Crippen LogP contribution in [0.3, 0.4) is 0 Å². The molecule has 4 amide bonds. The normalized spacial score (nSPS) is 19.1. The van der Waals surface area contributed by atoms with Gasteiger partial charge in [0.2, 0.25) is 0 Å². The summed E-state index contributed by atoms with van der Waals surface area (Å²) >= 11 is 12.6. The molecule has 2 aliphatic heterocycles. The molecule has 0 saturated carbocycles. The maximum absolute atomic E-state index is 13.3. The van der Waals surface area contributed by atoms with Gasteiger partial charge in [0.05, 0.1) is 18.2 Å². The standard InChI is InChI=1S/C25H35Cl2N5O4/c1-4-10-28-24(34)31-12-7-11-30(13-14-31)16-20-21(23(33)36-6-3)22(29-25(35)32(20)5-2)18-9-8-17(26)15-19(18)27/h8-9,15,22H,4-7,10-14,16H2,1-3H3,(H,28,34)(H,29,35). The van der Waals surface area contributed by atoms with E-state index in [1.807, 2.05) is 18.7 Å². The molecular weight excluding hydrogens is 505 g/mol. The van der Waals surface area contributed by atoms with Gasteiger partial charge in [0.15, 0.2) is 0 Å². The Labute approximate surface area is 222 Å². The summed E-state index contributed by atoms with van der Waals surface area (Å²) in [5.41, 5.74) is 1.50. The number of esters is 1. The second-order valence-electron chi connectivity index (χ2n) is 8.72. The lowest BCUT2D eigenvalue weighted by atomic mass is 9.94. The molecule has 11 heteroatoms. The van der Waals surface area contributed by atoms with Gasteiger partial charge >= 0.3 is 18.0 Å². The van der Waals surface area contributed by atoms with E-state index in [1.165, 1.54) is 0 Å². The van der Waals surface area contributed by atoms with Crippen LogP contribution in [0.4, 0.5) is 9.59 Å². The van der Waals surface area contributed by atoms with Crippen molar-refractivity contribution in [2.45, 2.75) is 39.7 Å². The average molecular weight is 540 g/mol. The summed E-state index contributed by atoms with van der Waals surface area (Å²) in [6.45, 7) is 9.75. The number of urea groups is 2. The number of nitrogens with zero attached hydrogens (tertiary/aromatic N) is 3. The first kappa shape index (κ1) is 28.1. The first-order chi connectivity index (χ1) is 17.3. The third kappa shape index (κ3) is 6.63. The number of likely N-dealkylation sites (N-methyl/N-ethyl adjacent to an activating group) is 1. The molecule has 9 nitrogen and oxygen atoms in total. The van der Waals surface area contributed by atoms with Crippen LogP contribution < -0.4 is 10.6 Å². The molecule has 1 saturated heterocycles. The summed E-state index contributed by atoms with van der Waals surface area (Å²) in [6, 6.07) is 3.83. The van der Waals surface area contributed by atoms with Crippen molar-refractivity contribution in [1.82, 2.24) is 25.3 Å². The van der Waals surface area contributed by atoms with Crippen LogP contribution in [-0.2, 0) is 9.53 Å². The second-order valence-corrected chi connectivity index (χ2v) is 9.57. The summed E-state index contributed by atoms with van der Waals surface area (Å²) in [4.78, 5) is 44.5. The summed E-state index contributed by atoms with van der Waals surface area (Å²) < 4.78 is 5.43. The number of hydrogen-bond acceptors (Lipinski definition) is 5. The fraction of sp³-hybridized carbons (Fsp3) is 0.560. The van der Waals surface area contributed by atoms with Crippen molar-refractivity contribution in [3.63, 3.8) is 0 Å². The maximum atomic E-state index is 13.3. The molecule has 0 bridgehead atoms. The smallest absolute Gasteiger partial charge is 0.338 e. The van der Waals surface area contributed by atoms with Gasteiger partial charge in [-0.25, -0.2) is 14.4 Å². The molecule has 36 heavy (non-hydrogen) atoms. The highest BCUT2D eigenvalue weighted by atomic mass is 35.5. The van der Waals surface area contributed by atoms with E-state index < -0.39 is 12.0 Å². The molecule has 3 rings (SSSR count). The Morgan fingerprint density at radius 2 is 1.92 bits per heavy atom. The highest BCUT2D eigenvalue weighted by molar-refractivity contribution is 6.35. The Kier molecular flexibility index (Phi) is 10.3. The molecule has 0 spiro atoms. The van der Waals surface area contributed by atoms with Gasteiger partial charge in [-0.1, -0.05) is 36.2 Å². The molecule has 2 N–H and O–H groups in total. The number of nitrogens with one attached hydrogen (secondary N) is 2. The fourth-order valence-corrected chi connectivity index (χ4v) is 5.03. The summed E-state index contributed by atoms with van der Waals surface area (Å²) in [5.74, 6) is -0.502. The third-order valence-electron chi connectivity index (χ3n) is 6.30. The Morgan fingerprint density at radius 3 is 2.58 bits per heavy atom. The molecule has 198 valence electrons. The zero-order valence-electron chi connectivity index (χ0n) is 21.1. The Bertz CT molecular complexity index is 1000. The first-order valence-electron chi connectivity index (χ1n) is 12.5. The number of ether oxygens (including phenoxy) is 1. The SMILES string of the molecule is CCCNC(=O)N1CCCN(CC2=C(C(=O)OCC)C(c3ccc(Cl)cc3Cl)NC(=O)N2CC)CC1. The Balaban J connectivity index is 1.95. The van der Waals surface area contributed by atoms with Crippen LogP contribution in [0.25, 0.3) is 0 Å². The molecule has 1 atom stereocenters. The molecule has 0 aliphatic carbocycles. The van der Waals surface area contributed by atoms with E-state index in [2.05, 4.69) is 15.5 Å². The molecule has 2 aliphatic rings. The first-order valence-corrected chi connectivity index (χ1v) is 13.2. The van der Waals surface area contributed by atoms with E-state index in [-0.39, 0.29) is 18.7 Å². The predicted octanol–water partition coefficient (Wildman–Crippen LogP) is 4.02. The van der Waals surface area contributed by atoms with Crippen LogP contribution in [-0.4, -0.2) is 85.2 Å². The number of hydrogen-bond donors (Lipinski definition) is 2. The van der Waals surface area contributed by atoms with Crippen molar-refractivity contribution in [3.05, 3.63) is 45.1 Å². The van der Waals surface area contributed by atoms with Gasteiger partial charge in [0.25, 0.3) is 0 Å². The van der Waals surface area contributed by atoms with Gasteiger partial charge in [-0.15, -0.1) is 0 Å². The molecule has 1 aromatic carbocycles. The topological polar surface area (TPSA) is 94.2 Å². The van der Waals surface area contributed by atoms with Crippen LogP contribution in [0.5, 0.6) is 0 Å². The number of halogens is 2. The van der Waals surface area contributed by atoms with Crippen molar-refractivity contribution >= 4 is 41.2 Å². The molecule has 0 aromatic heterocycles. The van der Waals surface area contributed by atoms with E-state index >= 15 is 0 Å². The monoisotopic (exact) mass is 539 g/mol. The van der Waals surface area contributed by atoms with Crippen LogP contribution >= 0.6 is 23.2 Å². The fourth-order valence-electron chi connectivity index (χ4n) is 4.51. The van der Waals surface area contributed by atoms with Crippen LogP contribution in [0.15, 0.2) is 29.5 Å². The zero-order chi connectivity index (χ0) is 26.2. The summed E-state index contributed by atoms with van der Waals surface area (Å²) in [7, 11) is 0. The maximum Gasteiger partial charge on any atom is 0.338 e. The van der Waals surface area contributed by atoms with E-state index in [0.717, 1.165) is 19.4 Å². The summed E-state index contributed by atoms with van der Waals surface area (Å²) in [6.07, 6.45) is 1.66. The predicted molar refractivity (Wildman–Crippen MR) is 140 cm³/mol. The van der Waals surface area contributed by atoms with Crippen LogP contribution in [0.1, 0.15) is 45.2 Å². The van der Waals surface area contributed by atoms with Crippen molar-refractivity contribution in [1.29, 1.82) is 0 Å². The van der Waals surface area contributed by atoms with Crippen LogP contribution in [0, 0.1) is 0 Å². The minimum Gasteiger partial charge on any atom is -0.463 e. The quantitative estimate of drug-likeness (QED) is 0.486. The lowest BCUT2D eigenvalue weighted by molar-refractivity contribution is -0.139. The highest BCUT2D eigenvalue weighted by Gasteiger charge is 2.39. The van der Waals surface area contributed by atoms with Crippen molar-refractivity contribution in [3.8, 4) is 0 Å². The second kappa shape index (κ2) is 13.2. The molecule has 1 aromatic rings. The van der Waals surface area contributed by atoms with Crippen LogP contribution in [0.2, 0.25) is 10.0 Å². The van der Waals surface area contributed by atoms with Gasteiger partial charge in [-0.3, -0.25) is 9.80 Å². The lowest BCUT2D eigenvalue weighted by Gasteiger charge is -2.38. The molecule has 1 unspecified atom stereocenters. The highest BCUT2D eigenvalue weighted by Crippen LogP contribution is 2.36. The Morgan fingerprint density at radius 1 is 1.14 bits per heavy atom. The zero-order valence-corrected chi connectivity index (χ0v) is 22.6. The van der Waals surface area contributed by atoms with E-state index in [0.29, 0.717) is 66.1 Å². The number of rotatable bonds is 8. The van der Waals surface area contributed by atoms with E-state index in [1.54, 1.807) is 30.0 Å². The molecule has 0 radical (unpaired) electrons. The van der Waals surface area contributed by atoms with Gasteiger partial charge in [-0.2, -0.15) is 0 Å². The van der Waals surface area contributed by atoms with Crippen molar-refractivity contribution in [2.75, 3.05) is 52.4 Å². The number of carbonyl (C=O) groups is 3. The number of amides is 4. The van der Waals surface area contributed by atoms with Gasteiger partial charge in [0.1, 0.15) is 0 Å². The lowest BCUT2D eigenvalue weighted by Crippen LogP contribution is -2.51. The number of benzene rings is 1. The van der Waals surface area contributed by atoms with E-state index in [4.69, 9.17) is 27.9 Å². The summed E-state index contributed by atoms with van der Waals surface area (Å²) in [5, 5.41) is 6.67. The Hall–Kier alpha value is -2.49. The van der Waals surface area contributed by atoms with Gasteiger partial charge < -0.3 is 20.3 Å². The number of carbonyl (C=O) groups excluding carboxylic acids is 3. The molecular formula is C25H35Cl2N5O4. The van der Waals surface area contributed by atoms with E-state index in [9.17, 15) is 14.4 Å². The van der Waals surface area contributed by atoms with Gasteiger partial charge in [-0.05, 0) is 44.4 Å². The average Bonchev–Trinajstić information content (AvgIpc) is 3.08. The third-order valence-corrected chi connectivity index (χ3v) is 6.86. The van der Waals surface area contributed by atoms with Crippen molar-refractivity contribution in [2.24, 2.45) is 0 Å². The molecule has 2 heterocycles.